The first-order valence-corrected chi connectivity index (χ1v) is 13.1. The molecule has 1 heterocycles. The summed E-state index contributed by atoms with van der Waals surface area (Å²) in [6.45, 7) is 13.2. The van der Waals surface area contributed by atoms with E-state index in [0.29, 0.717) is 12.2 Å². The molecule has 0 amide bonds. The van der Waals surface area contributed by atoms with Crippen LogP contribution in [0.4, 0.5) is 0 Å². The highest BCUT2D eigenvalue weighted by molar-refractivity contribution is 7.99. The first kappa shape index (κ1) is 27.8. The number of nitrogens with one attached hydrogen (secondary N) is 1. The van der Waals surface area contributed by atoms with Crippen molar-refractivity contribution in [2.45, 2.75) is 78.8 Å². The molecule has 34 heavy (non-hydrogen) atoms. The Kier molecular flexibility index (Phi) is 11.5. The van der Waals surface area contributed by atoms with Gasteiger partial charge in [0.1, 0.15) is 11.5 Å². The van der Waals surface area contributed by atoms with Crippen LogP contribution in [0.25, 0.3) is 11.0 Å². The van der Waals surface area contributed by atoms with E-state index in [4.69, 9.17) is 9.47 Å². The molecule has 6 heteroatoms. The van der Waals surface area contributed by atoms with Crippen LogP contribution < -0.4 is 4.74 Å². The average molecular weight is 485 g/mol. The maximum absolute atomic E-state index is 10.5. The first-order valence-electron chi connectivity index (χ1n) is 12.1. The van der Waals surface area contributed by atoms with Crippen molar-refractivity contribution in [1.29, 1.82) is 0 Å². The molecule has 0 radical (unpaired) electrons. The molecule has 1 aliphatic rings. The number of methoxy groups -OCH3 is 1. The zero-order chi connectivity index (χ0) is 25.1. The van der Waals surface area contributed by atoms with Gasteiger partial charge in [0, 0.05) is 11.8 Å². The predicted octanol–water partition coefficient (Wildman–Crippen LogP) is 8.00. The summed E-state index contributed by atoms with van der Waals surface area (Å²) in [6.07, 6.45) is 9.49. The van der Waals surface area contributed by atoms with Gasteiger partial charge < -0.3 is 14.5 Å². The highest BCUT2D eigenvalue weighted by Gasteiger charge is 2.13. The Morgan fingerprint density at radius 2 is 1.88 bits per heavy atom. The molecule has 1 N–H and O–H groups in total. The molecule has 0 aliphatic heterocycles. The summed E-state index contributed by atoms with van der Waals surface area (Å²) in [4.78, 5) is 18.4. The lowest BCUT2D eigenvalue weighted by molar-refractivity contribution is -0.120. The zero-order valence-electron chi connectivity index (χ0n) is 21.8. The number of H-pyrrole nitrogens is 1. The lowest BCUT2D eigenvalue weighted by Crippen LogP contribution is -2.01. The van der Waals surface area contributed by atoms with Crippen molar-refractivity contribution in [3.63, 3.8) is 0 Å². The van der Waals surface area contributed by atoms with Crippen molar-refractivity contribution < 1.29 is 14.3 Å². The molecule has 186 valence electrons. The van der Waals surface area contributed by atoms with E-state index >= 15 is 0 Å². The number of thioether (sulfide) groups is 1. The minimum atomic E-state index is 0.420. The number of carbonyl (C=O) groups is 1. The molecular formula is C28H40N2O3S. The van der Waals surface area contributed by atoms with Crippen molar-refractivity contribution in [2.75, 3.05) is 12.9 Å². The minimum absolute atomic E-state index is 0.420. The number of hydrogen-bond acceptors (Lipinski definition) is 5. The third-order valence-corrected chi connectivity index (χ3v) is 7.15. The third-order valence-electron chi connectivity index (χ3n) is 6.25. The van der Waals surface area contributed by atoms with Gasteiger partial charge in [-0.25, -0.2) is 4.98 Å². The molecule has 1 fully saturated rings. The van der Waals surface area contributed by atoms with E-state index in [-0.39, 0.29) is 0 Å². The number of carbonyl (C=O) groups excluding carboxylic acids is 1. The van der Waals surface area contributed by atoms with E-state index in [0.717, 1.165) is 44.8 Å². The van der Waals surface area contributed by atoms with Gasteiger partial charge in [-0.05, 0) is 69.4 Å². The summed E-state index contributed by atoms with van der Waals surface area (Å²) in [7, 11) is 1.71. The molecular weight excluding hydrogens is 444 g/mol. The summed E-state index contributed by atoms with van der Waals surface area (Å²) in [6, 6.07) is 5.33. The molecule has 0 atom stereocenters. The third kappa shape index (κ3) is 8.08. The first-order chi connectivity index (χ1) is 16.3. The Bertz CT molecular complexity index is 1040. The summed E-state index contributed by atoms with van der Waals surface area (Å²) in [5, 5.41) is 0.821. The van der Waals surface area contributed by atoms with E-state index in [9.17, 15) is 4.79 Å². The van der Waals surface area contributed by atoms with E-state index in [1.54, 1.807) is 31.0 Å². The number of nitrogens with zero attached hydrogens (tertiary/aromatic N) is 1. The second kappa shape index (κ2) is 14.1. The number of aromatic nitrogens is 2. The lowest BCUT2D eigenvalue weighted by Gasteiger charge is -2.16. The lowest BCUT2D eigenvalue weighted by atomic mass is 9.91. The highest BCUT2D eigenvalue weighted by Crippen LogP contribution is 2.30. The van der Waals surface area contributed by atoms with Crippen molar-refractivity contribution in [3.8, 4) is 5.75 Å². The van der Waals surface area contributed by atoms with Gasteiger partial charge in [-0.3, -0.25) is 4.79 Å². The topological polar surface area (TPSA) is 64.2 Å². The average Bonchev–Trinajstić information content (AvgIpc) is 3.22. The summed E-state index contributed by atoms with van der Waals surface area (Å²) < 4.78 is 10.5. The van der Waals surface area contributed by atoms with Crippen molar-refractivity contribution in [3.05, 3.63) is 52.3 Å². The summed E-state index contributed by atoms with van der Waals surface area (Å²) in [5.41, 5.74) is 6.41. The highest BCUT2D eigenvalue weighted by atomic mass is 32.2. The van der Waals surface area contributed by atoms with Crippen molar-refractivity contribution in [2.24, 2.45) is 5.92 Å². The van der Waals surface area contributed by atoms with Gasteiger partial charge in [0.2, 0.25) is 0 Å². The smallest absolute Gasteiger partial charge is 0.298 e. The SMILES string of the molecule is C/C=C(C)\C(OC)=C(\C)C(CSc1nc2ccc(OC=O)cc2[nH]1)=C(C)C.CC1CCCCC1. The van der Waals surface area contributed by atoms with E-state index in [2.05, 4.69) is 50.7 Å². The standard InChI is InChI=1S/C21H26N2O3S.C7H14/c1-7-14(4)20(25-6)15(5)17(13(2)3)11-27-21-22-18-9-8-16(26-12-24)10-19(18)23-21;1-7-5-3-2-4-6-7/h7-10,12H,11H2,1-6H3,(H,22,23);7H,2-6H2,1H3/b14-7-,20-15+;. The van der Waals surface area contributed by atoms with E-state index in [1.165, 1.54) is 43.3 Å². The number of fused-ring (bicyclic) bond motifs is 1. The van der Waals surface area contributed by atoms with Crippen LogP contribution in [0.1, 0.15) is 73.6 Å². The van der Waals surface area contributed by atoms with Crippen LogP contribution in [0, 0.1) is 5.92 Å². The molecule has 0 spiro atoms. The molecule has 5 nitrogen and oxygen atoms in total. The minimum Gasteiger partial charge on any atom is -0.496 e. The second-order valence-corrected chi connectivity index (χ2v) is 10.0. The van der Waals surface area contributed by atoms with Gasteiger partial charge in [0.15, 0.2) is 5.16 Å². The van der Waals surface area contributed by atoms with Crippen LogP contribution in [0.3, 0.4) is 0 Å². The van der Waals surface area contributed by atoms with Crippen molar-refractivity contribution >= 4 is 29.3 Å². The molecule has 3 rings (SSSR count). The summed E-state index contributed by atoms with van der Waals surface area (Å²) >= 11 is 1.63. The Balaban J connectivity index is 0.000000497. The van der Waals surface area contributed by atoms with Crippen LogP contribution in [0.5, 0.6) is 5.75 Å². The second-order valence-electron chi connectivity index (χ2n) is 9.08. The zero-order valence-corrected chi connectivity index (χ0v) is 22.6. The normalized spacial score (nSPS) is 15.2. The number of aromatic amines is 1. The monoisotopic (exact) mass is 484 g/mol. The maximum atomic E-state index is 10.5. The fraction of sp³-hybridized carbons (Fsp3) is 0.500. The van der Waals surface area contributed by atoms with Gasteiger partial charge >= 0.3 is 0 Å². The Morgan fingerprint density at radius 3 is 2.41 bits per heavy atom. The quantitative estimate of drug-likeness (QED) is 0.178. The van der Waals surface area contributed by atoms with Crippen LogP contribution in [0.2, 0.25) is 0 Å². The molecule has 2 aromatic rings. The number of imidazole rings is 1. The Labute approximate surface area is 209 Å². The number of rotatable bonds is 8. The van der Waals surface area contributed by atoms with Crippen LogP contribution in [-0.4, -0.2) is 29.3 Å². The Hall–Kier alpha value is -2.47. The largest absolute Gasteiger partial charge is 0.496 e. The molecule has 0 saturated heterocycles. The van der Waals surface area contributed by atoms with Crippen LogP contribution >= 0.6 is 11.8 Å². The van der Waals surface area contributed by atoms with E-state index in [1.807, 2.05) is 13.0 Å². The molecule has 0 unspecified atom stereocenters. The van der Waals surface area contributed by atoms with Gasteiger partial charge in [0.25, 0.3) is 6.47 Å². The molecule has 1 saturated carbocycles. The number of hydrogen-bond donors (Lipinski definition) is 1. The number of benzene rings is 1. The molecule has 0 bridgehead atoms. The van der Waals surface area contributed by atoms with Crippen LogP contribution in [-0.2, 0) is 9.53 Å². The van der Waals surface area contributed by atoms with Gasteiger partial charge in [0.05, 0.1) is 18.1 Å². The van der Waals surface area contributed by atoms with E-state index < -0.39 is 0 Å². The van der Waals surface area contributed by atoms with Gasteiger partial charge in [-0.1, -0.05) is 62.4 Å². The Morgan fingerprint density at radius 1 is 1.18 bits per heavy atom. The molecule has 1 aromatic heterocycles. The molecule has 1 aromatic carbocycles. The van der Waals surface area contributed by atoms with Gasteiger partial charge in [-0.15, -0.1) is 0 Å². The van der Waals surface area contributed by atoms with Gasteiger partial charge in [-0.2, -0.15) is 0 Å². The van der Waals surface area contributed by atoms with Crippen LogP contribution in [0.15, 0.2) is 57.5 Å². The number of ether oxygens (including phenoxy) is 2. The fourth-order valence-electron chi connectivity index (χ4n) is 4.12. The predicted molar refractivity (Wildman–Crippen MR) is 143 cm³/mol. The fourth-order valence-corrected chi connectivity index (χ4v) is 5.25. The number of allylic oxidation sites excluding steroid dienone is 4. The molecule has 1 aliphatic carbocycles. The van der Waals surface area contributed by atoms with Crippen molar-refractivity contribution in [1.82, 2.24) is 9.97 Å². The maximum Gasteiger partial charge on any atom is 0.298 e. The summed E-state index contributed by atoms with van der Waals surface area (Å²) in [5.74, 6) is 3.21.